The zero-order valence-corrected chi connectivity index (χ0v) is 5.77. The van der Waals surface area contributed by atoms with Crippen LogP contribution in [0, 0.1) is 10.2 Å². The summed E-state index contributed by atoms with van der Waals surface area (Å²) < 4.78 is 34.0. The van der Waals surface area contributed by atoms with Crippen molar-refractivity contribution < 1.29 is 58.4 Å². The minimum absolute atomic E-state index is 0. The van der Waals surface area contributed by atoms with Gasteiger partial charge in [0.1, 0.15) is 0 Å². The van der Waals surface area contributed by atoms with E-state index in [0.29, 0.717) is 0 Å². The Labute approximate surface area is 58.4 Å². The van der Waals surface area contributed by atoms with E-state index in [1.807, 2.05) is 0 Å². The van der Waals surface area contributed by atoms with E-state index in [0.717, 1.165) is 0 Å². The Morgan fingerprint density at radius 2 is 0.833 bits per heavy atom. The van der Waals surface area contributed by atoms with Gasteiger partial charge in [-0.3, -0.25) is 0 Å². The molecule has 0 N–H and O–H groups in total. The van der Waals surface area contributed by atoms with Gasteiger partial charge in [0.25, 0.3) is 0 Å². The molecule has 0 radical (unpaired) electrons. The molecule has 0 aromatic heterocycles. The summed E-state index contributed by atoms with van der Waals surface area (Å²) in [5.74, 6) is 0. The molecule has 32 valence electrons. The maximum atomic E-state index is 8.49. The molecule has 4 nitrogen and oxygen atoms in total. The number of rotatable bonds is 0. The molecule has 0 heterocycles. The van der Waals surface area contributed by atoms with Crippen LogP contribution in [0.15, 0.2) is 0 Å². The molecule has 0 amide bonds. The van der Waals surface area contributed by atoms with Crippen LogP contribution < -0.4 is 48.2 Å². The van der Waals surface area contributed by atoms with Crippen LogP contribution in [-0.4, -0.2) is 0 Å². The quantitative estimate of drug-likeness (QED) is 0.240. The zero-order chi connectivity index (χ0) is 4.50. The van der Waals surface area contributed by atoms with E-state index in [4.69, 9.17) is 18.6 Å². The molecule has 0 aliphatic heterocycles. The first-order valence-electron chi connectivity index (χ1n) is 0.617. The van der Waals surface area contributed by atoms with Gasteiger partial charge < -0.3 is 0 Å². The molecule has 0 bridgehead atoms. The molecule has 0 saturated heterocycles. The van der Waals surface area contributed by atoms with E-state index in [1.54, 1.807) is 0 Å². The van der Waals surface area contributed by atoms with E-state index >= 15 is 0 Å². The second-order valence-corrected chi connectivity index (χ2v) is 1.13. The number of halogens is 1. The molecular formula is ClNaO4. The predicted molar refractivity (Wildman–Crippen MR) is 0 cm³/mol. The molecule has 6 heavy (non-hydrogen) atoms. The first kappa shape index (κ1) is 10.2. The minimum Gasteiger partial charge on any atom is -0.222 e. The Hall–Kier alpha value is 1.13. The Morgan fingerprint density at radius 3 is 0.833 bits per heavy atom. The van der Waals surface area contributed by atoms with E-state index < -0.39 is 10.2 Å². The minimum atomic E-state index is -4.94. The van der Waals surface area contributed by atoms with Crippen molar-refractivity contribution in [2.45, 2.75) is 0 Å². The third-order valence-electron chi connectivity index (χ3n) is 0. The third-order valence-corrected chi connectivity index (χ3v) is 0. The molecular weight excluding hydrogens is 130 g/mol. The first-order chi connectivity index (χ1) is 2.00. The Balaban J connectivity index is 0. The Bertz CT molecular complexity index is 23.0. The van der Waals surface area contributed by atoms with E-state index in [1.165, 1.54) is 0 Å². The topological polar surface area (TPSA) is 92.2 Å². The molecule has 6 heteroatoms. The van der Waals surface area contributed by atoms with Gasteiger partial charge in [0.05, 0.1) is 0 Å². The fourth-order valence-corrected chi connectivity index (χ4v) is 0. The maximum absolute atomic E-state index is 8.49. The van der Waals surface area contributed by atoms with Crippen LogP contribution in [0.25, 0.3) is 0 Å². The van der Waals surface area contributed by atoms with Crippen molar-refractivity contribution in [2.24, 2.45) is 0 Å². The molecule has 0 atom stereocenters. The van der Waals surface area contributed by atoms with Gasteiger partial charge in [-0.1, -0.05) is 0 Å². The third kappa shape index (κ3) is 68.5. The van der Waals surface area contributed by atoms with Gasteiger partial charge in [0.15, 0.2) is 0 Å². The molecule has 0 spiro atoms. The van der Waals surface area contributed by atoms with Crippen molar-refractivity contribution in [3.8, 4) is 0 Å². The molecule has 0 aromatic carbocycles. The summed E-state index contributed by atoms with van der Waals surface area (Å²) in [6, 6.07) is 0. The van der Waals surface area contributed by atoms with E-state index in [2.05, 4.69) is 0 Å². The maximum Gasteiger partial charge on any atom is 1.00 e. The van der Waals surface area contributed by atoms with Crippen molar-refractivity contribution in [1.82, 2.24) is 0 Å². The Morgan fingerprint density at radius 1 is 0.833 bits per heavy atom. The second kappa shape index (κ2) is 3.17. The standard InChI is InChI=1S/ClHO4.Na/c2-1(3,4)5;/h(H,2,3,4,5);/q;+1/p-1/i2+2,3+2,4+2,5+2;. The fraction of sp³-hybridized carbons (Fsp3) is 0. The van der Waals surface area contributed by atoms with Gasteiger partial charge in [-0.15, -0.1) is 10.2 Å². The SMILES string of the molecule is [18O-][Cl+3]([18O-])([18O-])[18O-].[Na+]. The van der Waals surface area contributed by atoms with Crippen molar-refractivity contribution in [3.05, 3.63) is 0 Å². The van der Waals surface area contributed by atoms with Crippen molar-refractivity contribution in [3.63, 3.8) is 0 Å². The van der Waals surface area contributed by atoms with Crippen LogP contribution in [0.1, 0.15) is 0 Å². The smallest absolute Gasteiger partial charge is 0.222 e. The molecule has 0 fully saturated rings. The average molecular weight is 130 g/mol. The monoisotopic (exact) mass is 130 g/mol. The van der Waals surface area contributed by atoms with Crippen LogP contribution in [-0.2, 0) is 0 Å². The molecule has 0 unspecified atom stereocenters. The zero-order valence-electron chi connectivity index (χ0n) is 3.01. The van der Waals surface area contributed by atoms with Gasteiger partial charge in [0, 0.05) is 0 Å². The summed E-state index contributed by atoms with van der Waals surface area (Å²) in [6.45, 7) is 0. The average Bonchev–Trinajstić information content (AvgIpc) is 0.722. The number of hydrogen-bond acceptors (Lipinski definition) is 4. The van der Waals surface area contributed by atoms with Crippen LogP contribution in [0.4, 0.5) is 0 Å². The van der Waals surface area contributed by atoms with Crippen LogP contribution in [0.3, 0.4) is 0 Å². The summed E-state index contributed by atoms with van der Waals surface area (Å²) in [4.78, 5) is 0. The van der Waals surface area contributed by atoms with Gasteiger partial charge in [0.2, 0.25) is 0 Å². The van der Waals surface area contributed by atoms with Crippen molar-refractivity contribution >= 4 is 0 Å². The molecule has 0 aliphatic carbocycles. The Kier molecular flexibility index (Phi) is 5.38. The number of hydrogen-bond donors (Lipinski definition) is 0. The van der Waals surface area contributed by atoms with Gasteiger partial charge >= 0.3 is 29.6 Å². The summed E-state index contributed by atoms with van der Waals surface area (Å²) in [7, 11) is -4.94. The largest absolute Gasteiger partial charge is 1.00 e. The molecule has 0 rings (SSSR count). The predicted octanol–water partition coefficient (Wildman–Crippen LogP) is -7.75. The summed E-state index contributed by atoms with van der Waals surface area (Å²) in [5.41, 5.74) is 0. The molecule has 0 saturated carbocycles. The summed E-state index contributed by atoms with van der Waals surface area (Å²) >= 11 is 0. The van der Waals surface area contributed by atoms with Crippen LogP contribution >= 0.6 is 0 Å². The van der Waals surface area contributed by atoms with Crippen molar-refractivity contribution in [1.29, 1.82) is 0 Å². The fourth-order valence-electron chi connectivity index (χ4n) is 0. The normalized spacial score (nSPS) is 10.0. The summed E-state index contributed by atoms with van der Waals surface area (Å²) in [5, 5.41) is 0. The van der Waals surface area contributed by atoms with E-state index in [9.17, 15) is 0 Å². The molecule has 0 aromatic rings. The van der Waals surface area contributed by atoms with Gasteiger partial charge in [-0.25, -0.2) is 18.6 Å². The van der Waals surface area contributed by atoms with Gasteiger partial charge in [-0.2, -0.15) is 0 Å². The van der Waals surface area contributed by atoms with Gasteiger partial charge in [-0.05, 0) is 0 Å². The van der Waals surface area contributed by atoms with E-state index in [-0.39, 0.29) is 29.6 Å². The molecule has 0 aliphatic rings. The van der Waals surface area contributed by atoms with Crippen molar-refractivity contribution in [2.75, 3.05) is 0 Å². The van der Waals surface area contributed by atoms with Crippen LogP contribution in [0.2, 0.25) is 0 Å². The second-order valence-electron chi connectivity index (χ2n) is 0.378. The summed E-state index contributed by atoms with van der Waals surface area (Å²) in [6.07, 6.45) is 0. The van der Waals surface area contributed by atoms with Crippen LogP contribution in [0.5, 0.6) is 0 Å². The first-order valence-corrected chi connectivity index (χ1v) is 1.85.